The molecule has 1 fully saturated rings. The molecule has 12 heteroatoms. The Hall–Kier alpha value is -3.41. The number of carbonyl (C=O) groups is 2. The highest BCUT2D eigenvalue weighted by molar-refractivity contribution is 9.10. The predicted molar refractivity (Wildman–Crippen MR) is 147 cm³/mol. The lowest BCUT2D eigenvalue weighted by Crippen LogP contribution is -2.50. The summed E-state index contributed by atoms with van der Waals surface area (Å²) >= 11 is 3.47. The van der Waals surface area contributed by atoms with Gasteiger partial charge in [-0.15, -0.1) is 0 Å². The van der Waals surface area contributed by atoms with Gasteiger partial charge in [-0.1, -0.05) is 0 Å². The standard InChI is InChI=1S/C27H34BrN5O6/c1-25(2,3)32(23(34)36-16-17-12-27(7,13-17)39-24(35)38-26(4,5)6)21-11-20(37-18-9-8-10-29-14-18)31-22-19(28)15-30-33(21)22/h8-11,14-15,17H,12-13,16H2,1-7H3. The van der Waals surface area contributed by atoms with Crippen LogP contribution in [0.3, 0.4) is 0 Å². The monoisotopic (exact) mass is 603 g/mol. The Morgan fingerprint density at radius 2 is 1.90 bits per heavy atom. The summed E-state index contributed by atoms with van der Waals surface area (Å²) < 4.78 is 24.7. The van der Waals surface area contributed by atoms with Crippen molar-refractivity contribution >= 4 is 39.6 Å². The fourth-order valence-electron chi connectivity index (χ4n) is 4.44. The Balaban J connectivity index is 1.49. The van der Waals surface area contributed by atoms with E-state index in [1.54, 1.807) is 62.1 Å². The SMILES string of the molecule is CC(C)(C)OC(=O)OC1(C)CC(COC(=O)N(c2cc(Oc3cccnc3)nc3c(Br)cnn23)C(C)(C)C)C1. The second-order valence-corrected chi connectivity index (χ2v) is 12.7. The van der Waals surface area contributed by atoms with E-state index in [4.69, 9.17) is 18.9 Å². The summed E-state index contributed by atoms with van der Waals surface area (Å²) in [6.45, 7) is 13.1. The van der Waals surface area contributed by atoms with E-state index >= 15 is 0 Å². The van der Waals surface area contributed by atoms with Gasteiger partial charge in [-0.3, -0.25) is 9.88 Å². The maximum absolute atomic E-state index is 13.5. The molecule has 0 aromatic carbocycles. The van der Waals surface area contributed by atoms with Crippen molar-refractivity contribution in [1.82, 2.24) is 19.6 Å². The van der Waals surface area contributed by atoms with Crippen LogP contribution in [0.5, 0.6) is 11.6 Å². The van der Waals surface area contributed by atoms with Gasteiger partial charge in [0.2, 0.25) is 5.88 Å². The first kappa shape index (κ1) is 28.6. The molecule has 210 valence electrons. The summed E-state index contributed by atoms with van der Waals surface area (Å²) in [7, 11) is 0. The molecule has 0 saturated heterocycles. The number of fused-ring (bicyclic) bond motifs is 1. The van der Waals surface area contributed by atoms with Crippen LogP contribution in [0.15, 0.2) is 41.3 Å². The fourth-order valence-corrected chi connectivity index (χ4v) is 4.79. The minimum atomic E-state index is -0.698. The smallest absolute Gasteiger partial charge is 0.449 e. The van der Waals surface area contributed by atoms with Gasteiger partial charge in [0.05, 0.1) is 23.5 Å². The van der Waals surface area contributed by atoms with Gasteiger partial charge in [-0.25, -0.2) is 9.59 Å². The molecule has 0 unspecified atom stereocenters. The largest absolute Gasteiger partial charge is 0.509 e. The third-order valence-electron chi connectivity index (χ3n) is 5.93. The summed E-state index contributed by atoms with van der Waals surface area (Å²) in [5.74, 6) is 1.24. The maximum atomic E-state index is 13.5. The van der Waals surface area contributed by atoms with Gasteiger partial charge in [-0.05, 0) is 89.4 Å². The number of rotatable bonds is 6. The van der Waals surface area contributed by atoms with Crippen LogP contribution in [-0.4, -0.2) is 55.2 Å². The van der Waals surface area contributed by atoms with Gasteiger partial charge in [0.25, 0.3) is 0 Å². The van der Waals surface area contributed by atoms with Crippen LogP contribution in [0.25, 0.3) is 5.65 Å². The zero-order valence-corrected chi connectivity index (χ0v) is 24.8. The minimum Gasteiger partial charge on any atom is -0.449 e. The summed E-state index contributed by atoms with van der Waals surface area (Å²) in [4.78, 5) is 35.7. The second-order valence-electron chi connectivity index (χ2n) is 11.8. The van der Waals surface area contributed by atoms with Gasteiger partial charge < -0.3 is 18.9 Å². The topological polar surface area (TPSA) is 117 Å². The second kappa shape index (κ2) is 10.6. The van der Waals surface area contributed by atoms with Crippen molar-refractivity contribution < 1.29 is 28.5 Å². The third kappa shape index (κ3) is 6.97. The highest BCUT2D eigenvalue weighted by Gasteiger charge is 2.45. The Kier molecular flexibility index (Phi) is 7.79. The lowest BCUT2D eigenvalue weighted by Gasteiger charge is -2.44. The molecule has 1 aliphatic rings. The van der Waals surface area contributed by atoms with Crippen LogP contribution in [-0.2, 0) is 14.2 Å². The van der Waals surface area contributed by atoms with Crippen LogP contribution < -0.4 is 9.64 Å². The first-order chi connectivity index (χ1) is 18.1. The first-order valence-electron chi connectivity index (χ1n) is 12.6. The van der Waals surface area contributed by atoms with E-state index in [1.807, 2.05) is 27.7 Å². The molecule has 4 rings (SSSR count). The van der Waals surface area contributed by atoms with E-state index in [0.29, 0.717) is 34.5 Å². The molecule has 1 saturated carbocycles. The van der Waals surface area contributed by atoms with Gasteiger partial charge >= 0.3 is 12.2 Å². The summed E-state index contributed by atoms with van der Waals surface area (Å²) in [5, 5.41) is 4.41. The number of amides is 1. The number of nitrogens with zero attached hydrogens (tertiary/aromatic N) is 5. The van der Waals surface area contributed by atoms with E-state index in [-0.39, 0.29) is 18.4 Å². The molecule has 0 radical (unpaired) electrons. The Bertz CT molecular complexity index is 1340. The van der Waals surface area contributed by atoms with Crippen LogP contribution in [0.4, 0.5) is 15.4 Å². The lowest BCUT2D eigenvalue weighted by atomic mass is 9.72. The zero-order chi connectivity index (χ0) is 28.6. The number of carbonyl (C=O) groups excluding carboxylic acids is 2. The van der Waals surface area contributed by atoms with E-state index in [2.05, 4.69) is 31.0 Å². The number of hydrogen-bond acceptors (Lipinski definition) is 9. The molecule has 0 atom stereocenters. The summed E-state index contributed by atoms with van der Waals surface area (Å²) in [6, 6.07) is 5.16. The van der Waals surface area contributed by atoms with Crippen molar-refractivity contribution in [3.8, 4) is 11.6 Å². The van der Waals surface area contributed by atoms with Crippen molar-refractivity contribution in [2.24, 2.45) is 5.92 Å². The number of hydrogen-bond donors (Lipinski definition) is 0. The Labute approximate surface area is 235 Å². The van der Waals surface area contributed by atoms with Crippen molar-refractivity contribution in [3.05, 3.63) is 41.3 Å². The molecule has 1 amide bonds. The Morgan fingerprint density at radius 3 is 2.51 bits per heavy atom. The molecule has 0 N–H and O–H groups in total. The molecular weight excluding hydrogens is 570 g/mol. The van der Waals surface area contributed by atoms with Crippen molar-refractivity contribution in [1.29, 1.82) is 0 Å². The number of pyridine rings is 1. The highest BCUT2D eigenvalue weighted by Crippen LogP contribution is 2.41. The predicted octanol–water partition coefficient (Wildman–Crippen LogP) is 6.54. The molecule has 3 heterocycles. The average Bonchev–Trinajstić information content (AvgIpc) is 3.15. The number of anilines is 1. The van der Waals surface area contributed by atoms with Gasteiger partial charge in [0.1, 0.15) is 22.8 Å². The van der Waals surface area contributed by atoms with E-state index in [0.717, 1.165) is 0 Å². The van der Waals surface area contributed by atoms with Crippen LogP contribution >= 0.6 is 15.9 Å². The highest BCUT2D eigenvalue weighted by atomic mass is 79.9. The molecule has 0 bridgehead atoms. The van der Waals surface area contributed by atoms with Gasteiger partial charge in [0, 0.05) is 23.7 Å². The van der Waals surface area contributed by atoms with E-state index in [9.17, 15) is 9.59 Å². The third-order valence-corrected chi connectivity index (χ3v) is 6.49. The molecule has 3 aromatic rings. The summed E-state index contributed by atoms with van der Waals surface area (Å²) in [6.07, 6.45) is 4.70. The first-order valence-corrected chi connectivity index (χ1v) is 13.4. The fraction of sp³-hybridized carbons (Fsp3) is 0.519. The molecule has 0 aliphatic heterocycles. The normalized spacial score (nSPS) is 19.2. The molecule has 39 heavy (non-hydrogen) atoms. The maximum Gasteiger partial charge on any atom is 0.509 e. The van der Waals surface area contributed by atoms with Crippen LogP contribution in [0.2, 0.25) is 0 Å². The minimum absolute atomic E-state index is 0.0454. The molecule has 11 nitrogen and oxygen atoms in total. The van der Waals surface area contributed by atoms with Crippen LogP contribution in [0, 0.1) is 5.92 Å². The summed E-state index contributed by atoms with van der Waals surface area (Å²) in [5.41, 5.74) is -1.49. The van der Waals surface area contributed by atoms with Crippen molar-refractivity contribution in [2.45, 2.75) is 78.0 Å². The van der Waals surface area contributed by atoms with Gasteiger partial charge in [0.15, 0.2) is 5.65 Å². The zero-order valence-electron chi connectivity index (χ0n) is 23.2. The number of ether oxygens (including phenoxy) is 4. The van der Waals surface area contributed by atoms with E-state index < -0.39 is 29.0 Å². The molecule has 1 aliphatic carbocycles. The number of aromatic nitrogens is 4. The van der Waals surface area contributed by atoms with Crippen molar-refractivity contribution in [2.75, 3.05) is 11.5 Å². The number of halogens is 1. The Morgan fingerprint density at radius 1 is 1.18 bits per heavy atom. The van der Waals surface area contributed by atoms with Crippen LogP contribution in [0.1, 0.15) is 61.3 Å². The average molecular weight is 605 g/mol. The molecule has 0 spiro atoms. The van der Waals surface area contributed by atoms with Crippen molar-refractivity contribution in [3.63, 3.8) is 0 Å². The molecular formula is C27H34BrN5O6. The van der Waals surface area contributed by atoms with Gasteiger partial charge in [-0.2, -0.15) is 14.6 Å². The van der Waals surface area contributed by atoms with E-state index in [1.165, 1.54) is 4.90 Å². The molecule has 3 aromatic heterocycles. The quantitative estimate of drug-likeness (QED) is 0.289. The lowest BCUT2D eigenvalue weighted by molar-refractivity contribution is -0.118.